The first-order valence-electron chi connectivity index (χ1n) is 7.64. The highest BCUT2D eigenvalue weighted by Gasteiger charge is 2.51. The number of nitrogens with zero attached hydrogens (tertiary/aromatic N) is 2. The van der Waals surface area contributed by atoms with Crippen molar-refractivity contribution in [3.8, 4) is 17.1 Å². The van der Waals surface area contributed by atoms with E-state index in [2.05, 4.69) is 9.97 Å². The number of benzene rings is 1. The van der Waals surface area contributed by atoms with Crippen molar-refractivity contribution in [3.63, 3.8) is 0 Å². The highest BCUT2D eigenvalue weighted by atomic mass is 16.7. The molecule has 3 rings (SSSR count). The number of rotatable bonds is 3. The minimum atomic E-state index is -0.356. The molecule has 0 amide bonds. The molecule has 1 saturated heterocycles. The van der Waals surface area contributed by atoms with Crippen LogP contribution in [0.4, 0.5) is 0 Å². The molecule has 1 fully saturated rings. The van der Waals surface area contributed by atoms with Gasteiger partial charge in [0.1, 0.15) is 0 Å². The Morgan fingerprint density at radius 2 is 1.43 bits per heavy atom. The van der Waals surface area contributed by atoms with Gasteiger partial charge in [-0.2, -0.15) is 0 Å². The van der Waals surface area contributed by atoms with Gasteiger partial charge in [0.25, 0.3) is 0 Å². The Morgan fingerprint density at radius 1 is 0.913 bits per heavy atom. The van der Waals surface area contributed by atoms with Crippen LogP contribution in [0.3, 0.4) is 0 Å². The summed E-state index contributed by atoms with van der Waals surface area (Å²) in [6.45, 7) is 8.19. The van der Waals surface area contributed by atoms with E-state index in [-0.39, 0.29) is 18.3 Å². The molecule has 2 aromatic rings. The number of aromatic nitrogens is 2. The highest BCUT2D eigenvalue weighted by molar-refractivity contribution is 6.62. The predicted molar refractivity (Wildman–Crippen MR) is 89.7 cm³/mol. The molecule has 0 N–H and O–H groups in total. The van der Waals surface area contributed by atoms with E-state index in [9.17, 15) is 0 Å². The van der Waals surface area contributed by atoms with Gasteiger partial charge in [0.05, 0.1) is 30.7 Å². The molecule has 1 aliphatic heterocycles. The standard InChI is InChI=1S/C17H21BN2O3/c1-16(2)17(3,4)23-18(22-16)13-8-6-12(7-9-13)15-19-10-14(21-5)11-20-15/h6-11H,1-5H3. The Bertz CT molecular complexity index is 668. The van der Waals surface area contributed by atoms with E-state index in [1.807, 2.05) is 52.0 Å². The van der Waals surface area contributed by atoms with Crippen LogP contribution >= 0.6 is 0 Å². The van der Waals surface area contributed by atoms with Gasteiger partial charge >= 0.3 is 7.12 Å². The smallest absolute Gasteiger partial charge is 0.494 e. The van der Waals surface area contributed by atoms with Crippen molar-refractivity contribution in [1.82, 2.24) is 9.97 Å². The van der Waals surface area contributed by atoms with Crippen LogP contribution in [0, 0.1) is 0 Å². The third kappa shape index (κ3) is 2.96. The summed E-state index contributed by atoms with van der Waals surface area (Å²) in [6.07, 6.45) is 3.31. The molecule has 1 aromatic carbocycles. The molecular weight excluding hydrogens is 291 g/mol. The van der Waals surface area contributed by atoms with Gasteiger partial charge in [-0.3, -0.25) is 0 Å². The molecule has 5 nitrogen and oxygen atoms in total. The zero-order chi connectivity index (χ0) is 16.7. The second-order valence-electron chi connectivity index (χ2n) is 6.66. The Labute approximate surface area is 137 Å². The van der Waals surface area contributed by atoms with Crippen molar-refractivity contribution in [2.75, 3.05) is 7.11 Å². The van der Waals surface area contributed by atoms with E-state index in [1.165, 1.54) is 0 Å². The lowest BCUT2D eigenvalue weighted by Crippen LogP contribution is -2.41. The van der Waals surface area contributed by atoms with Crippen molar-refractivity contribution < 1.29 is 14.0 Å². The van der Waals surface area contributed by atoms with E-state index >= 15 is 0 Å². The Kier molecular flexibility index (Phi) is 3.90. The molecule has 120 valence electrons. The van der Waals surface area contributed by atoms with Crippen molar-refractivity contribution in [2.45, 2.75) is 38.9 Å². The van der Waals surface area contributed by atoms with E-state index in [0.717, 1.165) is 11.0 Å². The molecule has 0 spiro atoms. The topological polar surface area (TPSA) is 53.5 Å². The molecule has 1 aliphatic rings. The van der Waals surface area contributed by atoms with Crippen LogP contribution < -0.4 is 10.2 Å². The van der Waals surface area contributed by atoms with Gasteiger partial charge in [-0.05, 0) is 33.2 Å². The van der Waals surface area contributed by atoms with Gasteiger partial charge in [-0.1, -0.05) is 24.3 Å². The normalized spacial score (nSPS) is 18.9. The number of ether oxygens (including phenoxy) is 1. The number of hydrogen-bond acceptors (Lipinski definition) is 5. The maximum atomic E-state index is 6.06. The molecule has 0 saturated carbocycles. The van der Waals surface area contributed by atoms with Crippen LogP contribution in [-0.4, -0.2) is 35.4 Å². The van der Waals surface area contributed by atoms with Crippen molar-refractivity contribution in [2.24, 2.45) is 0 Å². The second-order valence-corrected chi connectivity index (χ2v) is 6.66. The summed E-state index contributed by atoms with van der Waals surface area (Å²) in [5.41, 5.74) is 1.25. The molecule has 2 heterocycles. The van der Waals surface area contributed by atoms with E-state index in [0.29, 0.717) is 11.6 Å². The van der Waals surface area contributed by atoms with Crippen molar-refractivity contribution in [1.29, 1.82) is 0 Å². The molecule has 0 unspecified atom stereocenters. The number of methoxy groups -OCH3 is 1. The predicted octanol–water partition coefficient (Wildman–Crippen LogP) is 2.45. The average molecular weight is 312 g/mol. The molecule has 6 heteroatoms. The van der Waals surface area contributed by atoms with Gasteiger partial charge in [0, 0.05) is 5.56 Å². The van der Waals surface area contributed by atoms with Crippen LogP contribution in [0.15, 0.2) is 36.7 Å². The number of hydrogen-bond donors (Lipinski definition) is 0. The minimum Gasteiger partial charge on any atom is -0.494 e. The Balaban J connectivity index is 1.80. The first-order valence-corrected chi connectivity index (χ1v) is 7.64. The largest absolute Gasteiger partial charge is 0.494 e. The van der Waals surface area contributed by atoms with Crippen LogP contribution in [0.2, 0.25) is 0 Å². The third-order valence-electron chi connectivity index (χ3n) is 4.56. The average Bonchev–Trinajstić information content (AvgIpc) is 2.76. The first kappa shape index (κ1) is 16.0. The molecule has 0 radical (unpaired) electrons. The van der Waals surface area contributed by atoms with Gasteiger partial charge in [0.2, 0.25) is 0 Å². The van der Waals surface area contributed by atoms with Gasteiger partial charge in [0.15, 0.2) is 11.6 Å². The van der Waals surface area contributed by atoms with Gasteiger partial charge in [-0.15, -0.1) is 0 Å². The van der Waals surface area contributed by atoms with Crippen molar-refractivity contribution >= 4 is 12.6 Å². The maximum absolute atomic E-state index is 6.06. The molecule has 0 atom stereocenters. The molecule has 1 aromatic heterocycles. The molecule has 0 aliphatic carbocycles. The molecular formula is C17H21BN2O3. The quantitative estimate of drug-likeness (QED) is 0.815. The lowest BCUT2D eigenvalue weighted by molar-refractivity contribution is 0.00578. The fourth-order valence-corrected chi connectivity index (χ4v) is 2.34. The van der Waals surface area contributed by atoms with E-state index in [1.54, 1.807) is 19.5 Å². The van der Waals surface area contributed by atoms with E-state index in [4.69, 9.17) is 14.0 Å². The Hall–Kier alpha value is -1.92. The monoisotopic (exact) mass is 312 g/mol. The fraction of sp³-hybridized carbons (Fsp3) is 0.412. The van der Waals surface area contributed by atoms with Crippen LogP contribution in [0.1, 0.15) is 27.7 Å². The highest BCUT2D eigenvalue weighted by Crippen LogP contribution is 2.36. The minimum absolute atomic E-state index is 0.338. The SMILES string of the molecule is COc1cnc(-c2ccc(B3OC(C)(C)C(C)(C)O3)cc2)nc1. The zero-order valence-electron chi connectivity index (χ0n) is 14.2. The lowest BCUT2D eigenvalue weighted by Gasteiger charge is -2.32. The summed E-state index contributed by atoms with van der Waals surface area (Å²) in [6, 6.07) is 7.93. The molecule has 23 heavy (non-hydrogen) atoms. The summed E-state index contributed by atoms with van der Waals surface area (Å²) in [5, 5.41) is 0. The summed E-state index contributed by atoms with van der Waals surface area (Å²) in [7, 11) is 1.24. The van der Waals surface area contributed by atoms with Crippen LogP contribution in [-0.2, 0) is 9.31 Å². The summed E-state index contributed by atoms with van der Waals surface area (Å²) >= 11 is 0. The van der Waals surface area contributed by atoms with Gasteiger partial charge in [-0.25, -0.2) is 9.97 Å². The third-order valence-corrected chi connectivity index (χ3v) is 4.56. The summed E-state index contributed by atoms with van der Waals surface area (Å²) < 4.78 is 17.2. The van der Waals surface area contributed by atoms with Gasteiger partial charge < -0.3 is 14.0 Å². The summed E-state index contributed by atoms with van der Waals surface area (Å²) in [5.74, 6) is 1.30. The fourth-order valence-electron chi connectivity index (χ4n) is 2.34. The van der Waals surface area contributed by atoms with Crippen molar-refractivity contribution in [3.05, 3.63) is 36.7 Å². The van der Waals surface area contributed by atoms with Crippen LogP contribution in [0.25, 0.3) is 11.4 Å². The second kappa shape index (κ2) is 5.62. The van der Waals surface area contributed by atoms with Crippen LogP contribution in [0.5, 0.6) is 5.75 Å². The first-order chi connectivity index (χ1) is 10.8. The van der Waals surface area contributed by atoms with E-state index < -0.39 is 0 Å². The zero-order valence-corrected chi connectivity index (χ0v) is 14.2. The summed E-state index contributed by atoms with van der Waals surface area (Å²) in [4.78, 5) is 8.59. The lowest BCUT2D eigenvalue weighted by atomic mass is 9.79. The molecule has 0 bridgehead atoms. The Morgan fingerprint density at radius 3 is 1.91 bits per heavy atom. The maximum Gasteiger partial charge on any atom is 0.494 e.